The molecule has 0 atom stereocenters. The molecule has 0 aliphatic carbocycles. The van der Waals surface area contributed by atoms with Crippen molar-refractivity contribution in [3.63, 3.8) is 0 Å². The van der Waals surface area contributed by atoms with Crippen LogP contribution in [0.5, 0.6) is 0 Å². The molecule has 206 valence electrons. The van der Waals surface area contributed by atoms with E-state index < -0.39 is 0 Å². The molecule has 0 fully saturated rings. The van der Waals surface area contributed by atoms with Crippen LogP contribution in [0.15, 0.2) is 152 Å². The lowest BCUT2D eigenvalue weighted by molar-refractivity contribution is 0.970. The molecule has 0 aliphatic rings. The zero-order chi connectivity index (χ0) is 29.0. The van der Waals surface area contributed by atoms with Gasteiger partial charge in [0.05, 0.1) is 22.7 Å². The van der Waals surface area contributed by atoms with E-state index in [-0.39, 0.29) is 0 Å². The Morgan fingerprint density at radius 3 is 1.75 bits per heavy atom. The van der Waals surface area contributed by atoms with Gasteiger partial charge in [-0.1, -0.05) is 84.9 Å². The molecule has 5 heteroatoms. The van der Waals surface area contributed by atoms with E-state index in [9.17, 15) is 0 Å². The molecule has 0 bridgehead atoms. The molecule has 0 saturated heterocycles. The second-order valence-corrected chi connectivity index (χ2v) is 11.1. The van der Waals surface area contributed by atoms with E-state index >= 15 is 0 Å². The lowest BCUT2D eigenvalue weighted by Crippen LogP contribution is -1.94. The van der Waals surface area contributed by atoms with Gasteiger partial charge in [0.1, 0.15) is 0 Å². The van der Waals surface area contributed by atoms with E-state index in [1.165, 1.54) is 32.6 Å². The Hall–Kier alpha value is -6.07. The molecule has 5 aromatic carbocycles. The van der Waals surface area contributed by atoms with Gasteiger partial charge in [-0.2, -0.15) is 5.10 Å². The molecule has 0 amide bonds. The SMILES string of the molecule is c1ccc2cn3ncc(-c4ccc(-c5cnc(-c6ccc(-n7c8ccccc8c8ccccc87)cc6)nc5)cc4)c3cc2c1. The van der Waals surface area contributed by atoms with Gasteiger partial charge in [0, 0.05) is 57.1 Å². The minimum atomic E-state index is 0.706. The molecule has 0 aliphatic heterocycles. The molecule has 4 heterocycles. The largest absolute Gasteiger partial charge is 0.309 e. The lowest BCUT2D eigenvalue weighted by Gasteiger charge is -2.09. The quantitative estimate of drug-likeness (QED) is 0.214. The van der Waals surface area contributed by atoms with Crippen LogP contribution in [0.1, 0.15) is 0 Å². The fraction of sp³-hybridized carbons (Fsp3) is 0. The summed E-state index contributed by atoms with van der Waals surface area (Å²) in [5, 5.41) is 9.50. The summed E-state index contributed by atoms with van der Waals surface area (Å²) < 4.78 is 4.27. The van der Waals surface area contributed by atoms with Crippen LogP contribution in [-0.2, 0) is 0 Å². The van der Waals surface area contributed by atoms with Crippen LogP contribution in [0, 0.1) is 0 Å². The van der Waals surface area contributed by atoms with Gasteiger partial charge in [-0.25, -0.2) is 14.5 Å². The van der Waals surface area contributed by atoms with Crippen LogP contribution in [-0.4, -0.2) is 24.1 Å². The van der Waals surface area contributed by atoms with Crippen molar-refractivity contribution in [2.24, 2.45) is 0 Å². The number of fused-ring (bicyclic) bond motifs is 5. The Bertz CT molecular complexity index is 2410. The zero-order valence-corrected chi connectivity index (χ0v) is 23.7. The Labute approximate surface area is 253 Å². The maximum Gasteiger partial charge on any atom is 0.159 e. The third kappa shape index (κ3) is 3.91. The smallest absolute Gasteiger partial charge is 0.159 e. The maximum absolute atomic E-state index is 4.73. The van der Waals surface area contributed by atoms with Crippen LogP contribution in [0.2, 0.25) is 0 Å². The second-order valence-electron chi connectivity index (χ2n) is 11.1. The molecule has 4 aromatic heterocycles. The van der Waals surface area contributed by atoms with Crippen molar-refractivity contribution in [2.45, 2.75) is 0 Å². The van der Waals surface area contributed by atoms with Crippen molar-refractivity contribution >= 4 is 38.1 Å². The summed E-state index contributed by atoms with van der Waals surface area (Å²) >= 11 is 0. The minimum absolute atomic E-state index is 0.706. The van der Waals surface area contributed by atoms with Gasteiger partial charge in [0.15, 0.2) is 5.82 Å². The minimum Gasteiger partial charge on any atom is -0.309 e. The fourth-order valence-electron chi connectivity index (χ4n) is 6.31. The average molecular weight is 564 g/mol. The van der Waals surface area contributed by atoms with E-state index in [4.69, 9.17) is 9.97 Å². The standard InChI is InChI=1S/C39H25N5/c1-2-8-30-25-43-38(21-29(30)7-1)35(24-42-43)27-15-13-26(14-16-27)31-22-40-39(41-23-31)28-17-19-32(20-18-28)44-36-11-5-3-9-33(36)34-10-4-6-12-37(34)44/h1-25H. The second kappa shape index (κ2) is 9.75. The van der Waals surface area contributed by atoms with E-state index in [0.29, 0.717) is 5.82 Å². The van der Waals surface area contributed by atoms with E-state index in [2.05, 4.69) is 143 Å². The predicted molar refractivity (Wildman–Crippen MR) is 179 cm³/mol. The Balaban J connectivity index is 0.993. The highest BCUT2D eigenvalue weighted by Crippen LogP contribution is 2.33. The first kappa shape index (κ1) is 24.5. The molecule has 5 nitrogen and oxygen atoms in total. The average Bonchev–Trinajstić information content (AvgIpc) is 3.66. The molecule has 0 saturated carbocycles. The van der Waals surface area contributed by atoms with E-state index in [0.717, 1.165) is 39.0 Å². The van der Waals surface area contributed by atoms with Crippen molar-refractivity contribution in [3.8, 4) is 39.3 Å². The van der Waals surface area contributed by atoms with Gasteiger partial charge in [-0.15, -0.1) is 0 Å². The topological polar surface area (TPSA) is 48.0 Å². The van der Waals surface area contributed by atoms with Gasteiger partial charge in [0.2, 0.25) is 0 Å². The first-order valence-electron chi connectivity index (χ1n) is 14.7. The Kier molecular flexibility index (Phi) is 5.43. The highest BCUT2D eigenvalue weighted by Gasteiger charge is 2.13. The first-order chi connectivity index (χ1) is 21.8. The molecular formula is C39H25N5. The summed E-state index contributed by atoms with van der Waals surface area (Å²) in [6.45, 7) is 0. The summed E-state index contributed by atoms with van der Waals surface area (Å²) in [5.74, 6) is 0.706. The van der Waals surface area contributed by atoms with Gasteiger partial charge in [0.25, 0.3) is 0 Å². The Morgan fingerprint density at radius 1 is 0.455 bits per heavy atom. The lowest BCUT2D eigenvalue weighted by atomic mass is 10.0. The van der Waals surface area contributed by atoms with Crippen molar-refractivity contribution in [1.29, 1.82) is 0 Å². The normalized spacial score (nSPS) is 11.6. The maximum atomic E-state index is 4.73. The number of para-hydroxylation sites is 2. The van der Waals surface area contributed by atoms with Crippen molar-refractivity contribution in [2.75, 3.05) is 0 Å². The number of hydrogen-bond acceptors (Lipinski definition) is 3. The van der Waals surface area contributed by atoms with Gasteiger partial charge in [-0.05, 0) is 59.0 Å². The zero-order valence-electron chi connectivity index (χ0n) is 23.7. The summed E-state index contributed by atoms with van der Waals surface area (Å²) in [7, 11) is 0. The number of aromatic nitrogens is 5. The molecule has 0 unspecified atom stereocenters. The fourth-order valence-corrected chi connectivity index (χ4v) is 6.31. The molecule has 44 heavy (non-hydrogen) atoms. The number of benzene rings is 5. The van der Waals surface area contributed by atoms with Crippen LogP contribution < -0.4 is 0 Å². The monoisotopic (exact) mass is 563 g/mol. The van der Waals surface area contributed by atoms with Crippen LogP contribution in [0.3, 0.4) is 0 Å². The molecule has 9 rings (SSSR count). The molecule has 0 radical (unpaired) electrons. The number of hydrogen-bond donors (Lipinski definition) is 0. The Morgan fingerprint density at radius 2 is 1.05 bits per heavy atom. The molecule has 0 N–H and O–H groups in total. The van der Waals surface area contributed by atoms with Gasteiger partial charge in [-0.3, -0.25) is 0 Å². The molecule has 9 aromatic rings. The van der Waals surface area contributed by atoms with Crippen LogP contribution in [0.4, 0.5) is 0 Å². The summed E-state index contributed by atoms with van der Waals surface area (Å²) in [6, 6.07) is 44.7. The number of rotatable bonds is 4. The van der Waals surface area contributed by atoms with Gasteiger partial charge < -0.3 is 4.57 Å². The number of nitrogens with zero attached hydrogens (tertiary/aromatic N) is 5. The van der Waals surface area contributed by atoms with Gasteiger partial charge >= 0.3 is 0 Å². The highest BCUT2D eigenvalue weighted by atomic mass is 15.2. The third-order valence-electron chi connectivity index (χ3n) is 8.53. The van der Waals surface area contributed by atoms with Crippen LogP contribution >= 0.6 is 0 Å². The number of pyridine rings is 1. The molecule has 0 spiro atoms. The summed E-state index contributed by atoms with van der Waals surface area (Å²) in [5.41, 5.74) is 9.87. The third-order valence-corrected chi connectivity index (χ3v) is 8.53. The summed E-state index contributed by atoms with van der Waals surface area (Å²) in [6.07, 6.45) is 7.83. The first-order valence-corrected chi connectivity index (χ1v) is 14.7. The highest BCUT2D eigenvalue weighted by molar-refractivity contribution is 6.09. The van der Waals surface area contributed by atoms with Crippen molar-refractivity contribution in [1.82, 2.24) is 24.1 Å². The molecular weight excluding hydrogens is 538 g/mol. The predicted octanol–water partition coefficient (Wildman–Crippen LogP) is 9.38. The summed E-state index contributed by atoms with van der Waals surface area (Å²) in [4.78, 5) is 9.46. The van der Waals surface area contributed by atoms with Crippen LogP contribution in [0.25, 0.3) is 77.4 Å². The van der Waals surface area contributed by atoms with E-state index in [1.807, 2.05) is 23.1 Å². The van der Waals surface area contributed by atoms with Crippen molar-refractivity contribution in [3.05, 3.63) is 152 Å². The van der Waals surface area contributed by atoms with E-state index in [1.54, 1.807) is 0 Å². The van der Waals surface area contributed by atoms with Crippen molar-refractivity contribution < 1.29 is 0 Å².